The average Bonchev–Trinajstić information content (AvgIpc) is 2.69. The Morgan fingerprint density at radius 1 is 1.67 bits per heavy atom. The molecule has 1 heterocycles. The van der Waals surface area contributed by atoms with Gasteiger partial charge in [-0.25, -0.2) is 4.39 Å². The Bertz CT molecular complexity index is 472. The average molecular weight is 269 g/mol. The number of halogens is 1. The summed E-state index contributed by atoms with van der Waals surface area (Å²) in [6.07, 6.45) is 1.93. The first-order chi connectivity index (χ1) is 8.63. The van der Waals surface area contributed by atoms with Crippen LogP contribution in [0.1, 0.15) is 15.9 Å². The van der Waals surface area contributed by atoms with Gasteiger partial charge in [-0.2, -0.15) is 11.8 Å². The standard InChI is InChI=1S/C11H13BFNO3S/c1-18-3-2-14-11(15)8-5-9-7(4-10(8)13)6-17-12(9)16/h4-5,16H,2-3,6H2,1H3,(H,14,15). The van der Waals surface area contributed by atoms with Crippen LogP contribution in [0.15, 0.2) is 12.1 Å². The quantitative estimate of drug-likeness (QED) is 0.603. The van der Waals surface area contributed by atoms with Crippen LogP contribution in [0.4, 0.5) is 4.39 Å². The summed E-state index contributed by atoms with van der Waals surface area (Å²) in [6.45, 7) is 0.650. The molecular weight excluding hydrogens is 256 g/mol. The highest BCUT2D eigenvalue weighted by molar-refractivity contribution is 7.98. The second-order valence-electron chi connectivity index (χ2n) is 3.94. The van der Waals surface area contributed by atoms with Crippen molar-refractivity contribution in [2.75, 3.05) is 18.6 Å². The smallest absolute Gasteiger partial charge is 0.423 e. The summed E-state index contributed by atoms with van der Waals surface area (Å²) in [5, 5.41) is 12.1. The van der Waals surface area contributed by atoms with Gasteiger partial charge in [0, 0.05) is 12.3 Å². The molecule has 4 nitrogen and oxygen atoms in total. The Hall–Kier alpha value is -1.05. The van der Waals surface area contributed by atoms with Crippen molar-refractivity contribution in [1.29, 1.82) is 0 Å². The van der Waals surface area contributed by atoms with Crippen LogP contribution in [0.25, 0.3) is 0 Å². The molecule has 1 aliphatic rings. The molecule has 1 aromatic rings. The molecule has 0 fully saturated rings. The minimum Gasteiger partial charge on any atom is -0.423 e. The number of thioether (sulfide) groups is 1. The molecule has 0 spiro atoms. The lowest BCUT2D eigenvalue weighted by Gasteiger charge is -2.07. The van der Waals surface area contributed by atoms with Gasteiger partial charge in [0.2, 0.25) is 0 Å². The molecule has 96 valence electrons. The monoisotopic (exact) mass is 269 g/mol. The molecule has 0 saturated heterocycles. The van der Waals surface area contributed by atoms with Crippen molar-refractivity contribution in [3.63, 3.8) is 0 Å². The van der Waals surface area contributed by atoms with Crippen LogP contribution in [-0.2, 0) is 11.3 Å². The topological polar surface area (TPSA) is 58.6 Å². The molecule has 0 saturated carbocycles. The highest BCUT2D eigenvalue weighted by Gasteiger charge is 2.29. The van der Waals surface area contributed by atoms with Crippen LogP contribution >= 0.6 is 11.8 Å². The molecule has 1 amide bonds. The van der Waals surface area contributed by atoms with E-state index in [1.165, 1.54) is 12.1 Å². The molecule has 0 unspecified atom stereocenters. The Kier molecular flexibility index (Phi) is 4.26. The predicted octanol–water partition coefficient (Wildman–Crippen LogP) is 0.136. The lowest BCUT2D eigenvalue weighted by atomic mass is 9.78. The van der Waals surface area contributed by atoms with Crippen molar-refractivity contribution in [1.82, 2.24) is 5.32 Å². The van der Waals surface area contributed by atoms with Crippen molar-refractivity contribution in [2.45, 2.75) is 6.61 Å². The lowest BCUT2D eigenvalue weighted by Crippen LogP contribution is -2.32. The zero-order chi connectivity index (χ0) is 13.1. The molecule has 0 radical (unpaired) electrons. The number of amides is 1. The first-order valence-corrected chi connectivity index (χ1v) is 6.92. The van der Waals surface area contributed by atoms with Crippen molar-refractivity contribution in [2.24, 2.45) is 0 Å². The van der Waals surface area contributed by atoms with Gasteiger partial charge in [-0.05, 0) is 29.4 Å². The second kappa shape index (κ2) is 5.73. The number of carbonyl (C=O) groups excluding carboxylic acids is 1. The first kappa shape index (κ1) is 13.4. The van der Waals surface area contributed by atoms with E-state index in [9.17, 15) is 14.2 Å². The van der Waals surface area contributed by atoms with Crippen molar-refractivity contribution in [3.8, 4) is 0 Å². The molecule has 0 aliphatic carbocycles. The summed E-state index contributed by atoms with van der Waals surface area (Å²) < 4.78 is 18.7. The van der Waals surface area contributed by atoms with Crippen LogP contribution in [0, 0.1) is 5.82 Å². The summed E-state index contributed by atoms with van der Waals surface area (Å²) in [5.41, 5.74) is 0.992. The van der Waals surface area contributed by atoms with E-state index in [1.54, 1.807) is 11.8 Å². The number of rotatable bonds is 4. The number of hydrogen-bond donors (Lipinski definition) is 2. The molecule has 0 aromatic heterocycles. The maximum atomic E-state index is 13.7. The summed E-state index contributed by atoms with van der Waals surface area (Å²) in [6, 6.07) is 2.60. The van der Waals surface area contributed by atoms with E-state index >= 15 is 0 Å². The molecule has 2 N–H and O–H groups in total. The van der Waals surface area contributed by atoms with E-state index in [1.807, 2.05) is 6.26 Å². The van der Waals surface area contributed by atoms with Gasteiger partial charge < -0.3 is 15.0 Å². The maximum absolute atomic E-state index is 13.7. The zero-order valence-corrected chi connectivity index (χ0v) is 10.7. The van der Waals surface area contributed by atoms with Crippen LogP contribution in [0.2, 0.25) is 0 Å². The summed E-state index contributed by atoms with van der Waals surface area (Å²) in [5.74, 6) is -0.291. The number of benzene rings is 1. The number of hydrogen-bond acceptors (Lipinski definition) is 4. The largest absolute Gasteiger partial charge is 0.491 e. The van der Waals surface area contributed by atoms with Gasteiger partial charge in [0.1, 0.15) is 5.82 Å². The van der Waals surface area contributed by atoms with Crippen molar-refractivity contribution in [3.05, 3.63) is 29.1 Å². The SMILES string of the molecule is CSCCNC(=O)c1cc2c(cc1F)COB2O. The van der Waals surface area contributed by atoms with E-state index < -0.39 is 18.8 Å². The highest BCUT2D eigenvalue weighted by atomic mass is 32.2. The van der Waals surface area contributed by atoms with E-state index in [0.717, 1.165) is 5.75 Å². The van der Waals surface area contributed by atoms with Crippen molar-refractivity contribution >= 4 is 30.3 Å². The third kappa shape index (κ3) is 2.68. The minimum absolute atomic E-state index is 0.0561. The van der Waals surface area contributed by atoms with E-state index in [0.29, 0.717) is 17.6 Å². The summed E-state index contributed by atoms with van der Waals surface area (Å²) >= 11 is 1.60. The van der Waals surface area contributed by atoms with Gasteiger partial charge in [0.05, 0.1) is 12.2 Å². The van der Waals surface area contributed by atoms with Gasteiger partial charge in [0.25, 0.3) is 5.91 Å². The van der Waals surface area contributed by atoms with E-state index in [2.05, 4.69) is 5.32 Å². The molecule has 1 aromatic carbocycles. The number of fused-ring (bicyclic) bond motifs is 1. The first-order valence-electron chi connectivity index (χ1n) is 5.52. The van der Waals surface area contributed by atoms with Crippen molar-refractivity contribution < 1.29 is 18.9 Å². The fourth-order valence-corrected chi connectivity index (χ4v) is 2.09. The van der Waals surface area contributed by atoms with Gasteiger partial charge >= 0.3 is 7.12 Å². The van der Waals surface area contributed by atoms with E-state index in [4.69, 9.17) is 4.65 Å². The van der Waals surface area contributed by atoms with Crippen LogP contribution in [-0.4, -0.2) is 36.6 Å². The fraction of sp³-hybridized carbons (Fsp3) is 0.364. The molecule has 0 bridgehead atoms. The third-order valence-electron chi connectivity index (χ3n) is 2.73. The van der Waals surface area contributed by atoms with Crippen LogP contribution in [0.5, 0.6) is 0 Å². The third-order valence-corrected chi connectivity index (χ3v) is 3.34. The Labute approximate surface area is 109 Å². The van der Waals surface area contributed by atoms with Gasteiger partial charge in [-0.3, -0.25) is 4.79 Å². The summed E-state index contributed by atoms with van der Waals surface area (Å²) in [7, 11) is -1.07. The number of carbonyl (C=O) groups is 1. The van der Waals surface area contributed by atoms with Crippen LogP contribution < -0.4 is 10.8 Å². The summed E-state index contributed by atoms with van der Waals surface area (Å²) in [4.78, 5) is 11.8. The molecule has 0 atom stereocenters. The molecular formula is C11H13BFNO3S. The second-order valence-corrected chi connectivity index (χ2v) is 4.93. The molecule has 1 aliphatic heterocycles. The van der Waals surface area contributed by atoms with Gasteiger partial charge in [-0.15, -0.1) is 0 Å². The van der Waals surface area contributed by atoms with E-state index in [-0.39, 0.29) is 12.2 Å². The Morgan fingerprint density at radius 3 is 3.17 bits per heavy atom. The van der Waals surface area contributed by atoms with Gasteiger partial charge in [-0.1, -0.05) is 0 Å². The Morgan fingerprint density at radius 2 is 2.44 bits per heavy atom. The van der Waals surface area contributed by atoms with Gasteiger partial charge in [0.15, 0.2) is 0 Å². The normalized spacial score (nSPS) is 13.6. The Balaban J connectivity index is 2.18. The minimum atomic E-state index is -1.07. The predicted molar refractivity (Wildman–Crippen MR) is 69.5 cm³/mol. The highest BCUT2D eigenvalue weighted by Crippen LogP contribution is 2.15. The lowest BCUT2D eigenvalue weighted by molar-refractivity contribution is 0.0952. The zero-order valence-electron chi connectivity index (χ0n) is 9.90. The van der Waals surface area contributed by atoms with Crippen LogP contribution in [0.3, 0.4) is 0 Å². The molecule has 7 heteroatoms. The number of nitrogens with one attached hydrogen (secondary N) is 1. The molecule has 2 rings (SSSR count). The fourth-order valence-electron chi connectivity index (χ4n) is 1.78. The maximum Gasteiger partial charge on any atom is 0.491 e. The molecule has 18 heavy (non-hydrogen) atoms.